The predicted molar refractivity (Wildman–Crippen MR) is 65.1 cm³/mol. The minimum atomic E-state index is 0.560. The van der Waals surface area contributed by atoms with Crippen molar-refractivity contribution >= 4 is 5.96 Å². The summed E-state index contributed by atoms with van der Waals surface area (Å²) < 4.78 is 0. The van der Waals surface area contributed by atoms with E-state index in [1.807, 2.05) is 19.2 Å². The van der Waals surface area contributed by atoms with Gasteiger partial charge in [0.15, 0.2) is 5.96 Å². The molecule has 0 radical (unpaired) electrons. The molecule has 4 nitrogen and oxygen atoms in total. The highest BCUT2D eigenvalue weighted by Crippen LogP contribution is 2.24. The molecular formula is C12H18N4. The van der Waals surface area contributed by atoms with Gasteiger partial charge in [0.1, 0.15) is 0 Å². The molecule has 0 aliphatic heterocycles. The number of guanidine groups is 1. The molecule has 1 saturated carbocycles. The fourth-order valence-corrected chi connectivity index (χ4v) is 1.61. The molecule has 86 valence electrons. The summed E-state index contributed by atoms with van der Waals surface area (Å²) in [6.07, 6.45) is 4.27. The van der Waals surface area contributed by atoms with Crippen molar-refractivity contribution in [3.05, 3.63) is 29.6 Å². The van der Waals surface area contributed by atoms with Crippen LogP contribution in [0.4, 0.5) is 0 Å². The lowest BCUT2D eigenvalue weighted by Crippen LogP contribution is -2.35. The van der Waals surface area contributed by atoms with Crippen LogP contribution in [0.5, 0.6) is 0 Å². The fraction of sp³-hybridized carbons (Fsp3) is 0.500. The largest absolute Gasteiger partial charge is 0.370 e. The summed E-state index contributed by atoms with van der Waals surface area (Å²) in [5.41, 5.74) is 8.06. The van der Waals surface area contributed by atoms with Crippen LogP contribution >= 0.6 is 0 Å². The van der Waals surface area contributed by atoms with Gasteiger partial charge in [-0.3, -0.25) is 4.98 Å². The zero-order valence-corrected chi connectivity index (χ0v) is 9.85. The monoisotopic (exact) mass is 218 g/mol. The van der Waals surface area contributed by atoms with Gasteiger partial charge in [0.25, 0.3) is 0 Å². The summed E-state index contributed by atoms with van der Waals surface area (Å²) in [7, 11) is 2.00. The Morgan fingerprint density at radius 3 is 3.00 bits per heavy atom. The van der Waals surface area contributed by atoms with Crippen molar-refractivity contribution in [2.45, 2.75) is 32.4 Å². The molecule has 1 aliphatic carbocycles. The molecular weight excluding hydrogens is 200 g/mol. The van der Waals surface area contributed by atoms with Gasteiger partial charge in [0.2, 0.25) is 0 Å². The van der Waals surface area contributed by atoms with E-state index in [2.05, 4.69) is 21.8 Å². The minimum Gasteiger partial charge on any atom is -0.370 e. The van der Waals surface area contributed by atoms with Crippen molar-refractivity contribution in [3.8, 4) is 0 Å². The second-order valence-corrected chi connectivity index (χ2v) is 4.34. The molecule has 16 heavy (non-hydrogen) atoms. The number of aromatic nitrogens is 1. The number of nitrogens with two attached hydrogens (primary N) is 1. The van der Waals surface area contributed by atoms with Crippen LogP contribution in [0.15, 0.2) is 23.3 Å². The number of hydrogen-bond acceptors (Lipinski definition) is 2. The Balaban J connectivity index is 1.96. The normalized spacial score (nSPS) is 16.2. The molecule has 2 N–H and O–H groups in total. The van der Waals surface area contributed by atoms with Crippen molar-refractivity contribution in [3.63, 3.8) is 0 Å². The Labute approximate surface area is 96.2 Å². The number of aliphatic imine (C=N–C) groups is 1. The maximum absolute atomic E-state index is 5.89. The fourth-order valence-electron chi connectivity index (χ4n) is 1.61. The maximum Gasteiger partial charge on any atom is 0.191 e. The molecule has 1 aliphatic rings. The third kappa shape index (κ3) is 2.72. The first-order valence-electron chi connectivity index (χ1n) is 5.61. The first kappa shape index (κ1) is 10.9. The van der Waals surface area contributed by atoms with Crippen molar-refractivity contribution in [2.24, 2.45) is 10.7 Å². The number of aryl methyl sites for hydroxylation is 1. The smallest absolute Gasteiger partial charge is 0.191 e. The second-order valence-electron chi connectivity index (χ2n) is 4.34. The zero-order chi connectivity index (χ0) is 11.5. The molecule has 2 rings (SSSR count). The quantitative estimate of drug-likeness (QED) is 0.614. The lowest BCUT2D eigenvalue weighted by molar-refractivity contribution is 0.487. The van der Waals surface area contributed by atoms with Crippen LogP contribution in [-0.2, 0) is 6.54 Å². The second kappa shape index (κ2) is 4.51. The minimum absolute atomic E-state index is 0.560. The Morgan fingerprint density at radius 1 is 1.62 bits per heavy atom. The summed E-state index contributed by atoms with van der Waals surface area (Å²) in [4.78, 5) is 10.7. The number of pyridine rings is 1. The molecule has 0 unspecified atom stereocenters. The van der Waals surface area contributed by atoms with Gasteiger partial charge < -0.3 is 10.6 Å². The first-order valence-corrected chi connectivity index (χ1v) is 5.61. The molecule has 0 atom stereocenters. The van der Waals surface area contributed by atoms with E-state index in [1.165, 1.54) is 18.4 Å². The van der Waals surface area contributed by atoms with Crippen LogP contribution in [0.3, 0.4) is 0 Å². The van der Waals surface area contributed by atoms with Gasteiger partial charge in [-0.15, -0.1) is 0 Å². The molecule has 0 bridgehead atoms. The van der Waals surface area contributed by atoms with Crippen molar-refractivity contribution in [2.75, 3.05) is 7.05 Å². The molecule has 1 aromatic rings. The molecule has 4 heteroatoms. The molecule has 0 amide bonds. The highest BCUT2D eigenvalue weighted by molar-refractivity contribution is 5.78. The molecule has 0 saturated heterocycles. The van der Waals surface area contributed by atoms with Crippen molar-refractivity contribution in [1.82, 2.24) is 9.88 Å². The van der Waals surface area contributed by atoms with Crippen LogP contribution in [0.1, 0.15) is 24.1 Å². The van der Waals surface area contributed by atoms with E-state index in [0.717, 1.165) is 5.69 Å². The van der Waals surface area contributed by atoms with Gasteiger partial charge in [0, 0.05) is 19.3 Å². The van der Waals surface area contributed by atoms with E-state index in [4.69, 9.17) is 5.73 Å². The van der Waals surface area contributed by atoms with Gasteiger partial charge in [-0.25, -0.2) is 4.99 Å². The summed E-state index contributed by atoms with van der Waals surface area (Å²) in [5.74, 6) is 0.616. The predicted octanol–water partition coefficient (Wildman–Crippen LogP) is 1.30. The third-order valence-corrected chi connectivity index (χ3v) is 2.83. The SMILES string of the molecule is Cc1ccnc(CN=C(N)N(C)C2CC2)c1. The highest BCUT2D eigenvalue weighted by Gasteiger charge is 2.27. The summed E-state index contributed by atoms with van der Waals surface area (Å²) in [5, 5.41) is 0. The van der Waals surface area contributed by atoms with E-state index in [-0.39, 0.29) is 0 Å². The standard InChI is InChI=1S/C12H18N4/c1-9-5-6-14-10(7-9)8-15-12(13)16(2)11-3-4-11/h5-7,11H,3-4,8H2,1-2H3,(H2,13,15). The Hall–Kier alpha value is -1.58. The molecule has 1 aromatic heterocycles. The summed E-state index contributed by atoms with van der Waals surface area (Å²) in [6, 6.07) is 4.62. The van der Waals surface area contributed by atoms with E-state index < -0.39 is 0 Å². The first-order chi connectivity index (χ1) is 7.66. The number of hydrogen-bond donors (Lipinski definition) is 1. The van der Waals surface area contributed by atoms with E-state index in [1.54, 1.807) is 6.20 Å². The van der Waals surface area contributed by atoms with Gasteiger partial charge in [0.05, 0.1) is 12.2 Å². The lowest BCUT2D eigenvalue weighted by Gasteiger charge is -2.16. The van der Waals surface area contributed by atoms with E-state index in [0.29, 0.717) is 18.5 Å². The lowest BCUT2D eigenvalue weighted by atomic mass is 10.2. The number of nitrogens with zero attached hydrogens (tertiary/aromatic N) is 3. The molecule has 0 spiro atoms. The topological polar surface area (TPSA) is 54.5 Å². The van der Waals surface area contributed by atoms with E-state index in [9.17, 15) is 0 Å². The van der Waals surface area contributed by atoms with Gasteiger partial charge in [-0.05, 0) is 37.5 Å². The molecule has 1 heterocycles. The maximum atomic E-state index is 5.89. The average Bonchev–Trinajstić information content (AvgIpc) is 3.09. The number of rotatable bonds is 3. The third-order valence-electron chi connectivity index (χ3n) is 2.83. The van der Waals surface area contributed by atoms with Crippen LogP contribution in [0.25, 0.3) is 0 Å². The van der Waals surface area contributed by atoms with Crippen LogP contribution in [0, 0.1) is 6.92 Å². The molecule has 0 aromatic carbocycles. The Bertz CT molecular complexity index is 396. The summed E-state index contributed by atoms with van der Waals surface area (Å²) in [6.45, 7) is 2.61. The Kier molecular flexibility index (Phi) is 3.08. The Morgan fingerprint density at radius 2 is 2.38 bits per heavy atom. The zero-order valence-electron chi connectivity index (χ0n) is 9.85. The highest BCUT2D eigenvalue weighted by atomic mass is 15.3. The van der Waals surface area contributed by atoms with Crippen LogP contribution in [0.2, 0.25) is 0 Å². The average molecular weight is 218 g/mol. The van der Waals surface area contributed by atoms with Crippen molar-refractivity contribution < 1.29 is 0 Å². The van der Waals surface area contributed by atoms with Gasteiger partial charge in [-0.1, -0.05) is 0 Å². The van der Waals surface area contributed by atoms with Crippen LogP contribution in [-0.4, -0.2) is 28.9 Å². The van der Waals surface area contributed by atoms with Gasteiger partial charge in [-0.2, -0.15) is 0 Å². The summed E-state index contributed by atoms with van der Waals surface area (Å²) >= 11 is 0. The van der Waals surface area contributed by atoms with Gasteiger partial charge >= 0.3 is 0 Å². The van der Waals surface area contributed by atoms with E-state index >= 15 is 0 Å². The van der Waals surface area contributed by atoms with Crippen LogP contribution < -0.4 is 5.73 Å². The molecule has 1 fully saturated rings. The van der Waals surface area contributed by atoms with Crippen molar-refractivity contribution in [1.29, 1.82) is 0 Å².